The average Bonchev–Trinajstić information content (AvgIpc) is 2.37. The number of anilines is 1. The summed E-state index contributed by atoms with van der Waals surface area (Å²) < 4.78 is 30.3. The van der Waals surface area contributed by atoms with Gasteiger partial charge in [-0.05, 0) is 24.1 Å². The highest BCUT2D eigenvalue weighted by Crippen LogP contribution is 2.13. The largest absolute Gasteiger partial charge is 0.469 e. The smallest absolute Gasteiger partial charge is 0.305 e. The number of nitrogens with one attached hydrogen (secondary N) is 1. The normalized spacial score (nSPS) is 11.1. The Balaban J connectivity index is 2.56. The van der Waals surface area contributed by atoms with Crippen molar-refractivity contribution in [3.05, 3.63) is 29.8 Å². The number of hydrogen-bond acceptors (Lipinski definition) is 5. The van der Waals surface area contributed by atoms with Crippen LogP contribution in [0.5, 0.6) is 0 Å². The molecule has 7 heteroatoms. The van der Waals surface area contributed by atoms with Crippen LogP contribution in [0.25, 0.3) is 0 Å². The zero-order valence-electron chi connectivity index (χ0n) is 10.6. The Kier molecular flexibility index (Phi) is 5.78. The highest BCUT2D eigenvalue weighted by Gasteiger charge is 2.12. The molecule has 0 bridgehead atoms. The van der Waals surface area contributed by atoms with Gasteiger partial charge in [0.05, 0.1) is 19.5 Å². The zero-order valence-corrected chi connectivity index (χ0v) is 11.4. The lowest BCUT2D eigenvalue weighted by molar-refractivity contribution is -0.140. The van der Waals surface area contributed by atoms with Crippen molar-refractivity contribution in [2.24, 2.45) is 0 Å². The van der Waals surface area contributed by atoms with Crippen molar-refractivity contribution < 1.29 is 23.1 Å². The van der Waals surface area contributed by atoms with Gasteiger partial charge in [0.25, 0.3) is 0 Å². The van der Waals surface area contributed by atoms with Crippen LogP contribution in [-0.4, -0.2) is 32.4 Å². The van der Waals surface area contributed by atoms with Crippen molar-refractivity contribution in [3.63, 3.8) is 0 Å². The van der Waals surface area contributed by atoms with Gasteiger partial charge in [-0.15, -0.1) is 0 Å². The fraction of sp³-hybridized carbons (Fsp3) is 0.417. The van der Waals surface area contributed by atoms with Gasteiger partial charge in [-0.1, -0.05) is 12.1 Å². The Morgan fingerprint density at radius 3 is 2.79 bits per heavy atom. The molecule has 106 valence electrons. The molecule has 0 aliphatic rings. The van der Waals surface area contributed by atoms with Gasteiger partial charge in [0.1, 0.15) is 0 Å². The van der Waals surface area contributed by atoms with Gasteiger partial charge in [0, 0.05) is 12.1 Å². The molecule has 0 unspecified atom stereocenters. The summed E-state index contributed by atoms with van der Waals surface area (Å²) >= 11 is 0. The Hall–Kier alpha value is -1.60. The number of sulfonamides is 1. The van der Waals surface area contributed by atoms with Crippen LogP contribution >= 0.6 is 0 Å². The summed E-state index contributed by atoms with van der Waals surface area (Å²) in [5, 5.41) is 8.96. The van der Waals surface area contributed by atoms with Crippen LogP contribution in [0.1, 0.15) is 18.4 Å². The van der Waals surface area contributed by atoms with Gasteiger partial charge in [0.2, 0.25) is 10.0 Å². The Bertz CT molecular complexity index is 527. The van der Waals surface area contributed by atoms with Crippen molar-refractivity contribution in [1.29, 1.82) is 0 Å². The van der Waals surface area contributed by atoms with Gasteiger partial charge in [-0.2, -0.15) is 0 Å². The van der Waals surface area contributed by atoms with Crippen LogP contribution in [0.2, 0.25) is 0 Å². The standard InChI is InChI=1S/C12H17NO5S/c1-18-12(15)6-3-7-19(16,17)13-11-5-2-4-10(8-11)9-14/h2,4-5,8,13-14H,3,6-7,9H2,1H3. The molecule has 0 heterocycles. The maximum atomic E-state index is 11.7. The molecule has 0 saturated heterocycles. The Labute approximate surface area is 112 Å². The first kappa shape index (κ1) is 15.5. The molecule has 1 rings (SSSR count). The highest BCUT2D eigenvalue weighted by molar-refractivity contribution is 7.92. The first-order chi connectivity index (χ1) is 8.96. The first-order valence-electron chi connectivity index (χ1n) is 5.74. The number of benzene rings is 1. The summed E-state index contributed by atoms with van der Waals surface area (Å²) in [7, 11) is -2.24. The van der Waals surface area contributed by atoms with E-state index in [-0.39, 0.29) is 25.2 Å². The zero-order chi connectivity index (χ0) is 14.3. The maximum absolute atomic E-state index is 11.7. The number of aliphatic hydroxyl groups is 1. The van der Waals surface area contributed by atoms with E-state index >= 15 is 0 Å². The number of rotatable bonds is 7. The number of esters is 1. The molecule has 1 aromatic carbocycles. The van der Waals surface area contributed by atoms with Crippen LogP contribution in [0.15, 0.2) is 24.3 Å². The van der Waals surface area contributed by atoms with E-state index in [0.29, 0.717) is 11.3 Å². The summed E-state index contributed by atoms with van der Waals surface area (Å²) in [6, 6.07) is 6.49. The van der Waals surface area contributed by atoms with E-state index in [1.165, 1.54) is 7.11 Å². The fourth-order valence-corrected chi connectivity index (χ4v) is 2.58. The van der Waals surface area contributed by atoms with Crippen LogP contribution < -0.4 is 4.72 Å². The number of carbonyl (C=O) groups is 1. The average molecular weight is 287 g/mol. The quantitative estimate of drug-likeness (QED) is 0.726. The van der Waals surface area contributed by atoms with Gasteiger partial charge in [0.15, 0.2) is 0 Å². The molecule has 0 aliphatic heterocycles. The van der Waals surface area contributed by atoms with E-state index in [1.54, 1.807) is 24.3 Å². The second kappa shape index (κ2) is 7.10. The summed E-state index contributed by atoms with van der Waals surface area (Å²) in [5.41, 5.74) is 1.01. The molecule has 0 aromatic heterocycles. The monoisotopic (exact) mass is 287 g/mol. The molecule has 0 amide bonds. The molecule has 19 heavy (non-hydrogen) atoms. The first-order valence-corrected chi connectivity index (χ1v) is 7.39. The van der Waals surface area contributed by atoms with Crippen molar-refractivity contribution >= 4 is 21.7 Å². The summed E-state index contributed by atoms with van der Waals surface area (Å²) in [5.74, 6) is -0.594. The van der Waals surface area contributed by atoms with E-state index in [0.717, 1.165) is 0 Å². The molecular weight excluding hydrogens is 270 g/mol. The van der Waals surface area contributed by atoms with Crippen LogP contribution in [0.3, 0.4) is 0 Å². The maximum Gasteiger partial charge on any atom is 0.305 e. The molecule has 1 aromatic rings. The summed E-state index contributed by atoms with van der Waals surface area (Å²) in [4.78, 5) is 10.9. The highest BCUT2D eigenvalue weighted by atomic mass is 32.2. The summed E-state index contributed by atoms with van der Waals surface area (Å²) in [6.07, 6.45) is 0.260. The molecule has 0 spiro atoms. The van der Waals surface area contributed by atoms with E-state index < -0.39 is 16.0 Å². The molecule has 0 radical (unpaired) electrons. The third kappa shape index (κ3) is 5.71. The lowest BCUT2D eigenvalue weighted by Crippen LogP contribution is -2.17. The molecule has 0 atom stereocenters. The van der Waals surface area contributed by atoms with Crippen LogP contribution in [-0.2, 0) is 26.2 Å². The Morgan fingerprint density at radius 2 is 2.16 bits per heavy atom. The molecule has 0 fully saturated rings. The minimum Gasteiger partial charge on any atom is -0.469 e. The Morgan fingerprint density at radius 1 is 1.42 bits per heavy atom. The molecule has 0 saturated carbocycles. The minimum atomic E-state index is -3.50. The van der Waals surface area contributed by atoms with Gasteiger partial charge >= 0.3 is 5.97 Å². The van der Waals surface area contributed by atoms with E-state index in [1.807, 2.05) is 0 Å². The topological polar surface area (TPSA) is 92.7 Å². The van der Waals surface area contributed by atoms with Crippen molar-refractivity contribution in [2.75, 3.05) is 17.6 Å². The van der Waals surface area contributed by atoms with Crippen molar-refractivity contribution in [2.45, 2.75) is 19.4 Å². The lowest BCUT2D eigenvalue weighted by Gasteiger charge is -2.08. The predicted molar refractivity (Wildman–Crippen MR) is 71.0 cm³/mol. The number of methoxy groups -OCH3 is 1. The van der Waals surface area contributed by atoms with Gasteiger partial charge < -0.3 is 9.84 Å². The molecule has 0 aliphatic carbocycles. The predicted octanol–water partition coefficient (Wildman–Crippen LogP) is 0.874. The SMILES string of the molecule is COC(=O)CCCS(=O)(=O)Nc1cccc(CO)c1. The number of hydrogen-bond donors (Lipinski definition) is 2. The van der Waals surface area contributed by atoms with Gasteiger partial charge in [-0.3, -0.25) is 9.52 Å². The number of aliphatic hydroxyl groups excluding tert-OH is 1. The second-order valence-corrected chi connectivity index (χ2v) is 5.80. The molecule has 2 N–H and O–H groups in total. The lowest BCUT2D eigenvalue weighted by atomic mass is 10.2. The van der Waals surface area contributed by atoms with E-state index in [2.05, 4.69) is 9.46 Å². The number of carbonyl (C=O) groups excluding carboxylic acids is 1. The van der Waals surface area contributed by atoms with Crippen molar-refractivity contribution in [1.82, 2.24) is 0 Å². The third-order valence-corrected chi connectivity index (χ3v) is 3.78. The van der Waals surface area contributed by atoms with Gasteiger partial charge in [-0.25, -0.2) is 8.42 Å². The van der Waals surface area contributed by atoms with Crippen LogP contribution in [0, 0.1) is 0 Å². The second-order valence-electron chi connectivity index (χ2n) is 3.96. The fourth-order valence-electron chi connectivity index (χ4n) is 1.47. The third-order valence-electron chi connectivity index (χ3n) is 2.40. The van der Waals surface area contributed by atoms with Crippen LogP contribution in [0.4, 0.5) is 5.69 Å². The molecular formula is C12H17NO5S. The minimum absolute atomic E-state index is 0.0636. The van der Waals surface area contributed by atoms with E-state index in [4.69, 9.17) is 5.11 Å². The number of ether oxygens (including phenoxy) is 1. The summed E-state index contributed by atoms with van der Waals surface area (Å²) in [6.45, 7) is -0.155. The van der Waals surface area contributed by atoms with E-state index in [9.17, 15) is 13.2 Å². The molecule has 6 nitrogen and oxygen atoms in total. The van der Waals surface area contributed by atoms with Crippen molar-refractivity contribution in [3.8, 4) is 0 Å².